The molecule has 1 aliphatic heterocycles. The van der Waals surface area contributed by atoms with Gasteiger partial charge in [-0.05, 0) is 37.3 Å². The van der Waals surface area contributed by atoms with E-state index < -0.39 is 42.9 Å². The lowest BCUT2D eigenvalue weighted by molar-refractivity contribution is -0.210. The molecule has 0 amide bonds. The quantitative estimate of drug-likeness (QED) is 0.262. The second-order valence-corrected chi connectivity index (χ2v) is 11.1. The lowest BCUT2D eigenvalue weighted by Gasteiger charge is -2.41. The third-order valence-corrected chi connectivity index (χ3v) is 8.29. The molecule has 0 unspecified atom stereocenters. The molecule has 1 fully saturated rings. The van der Waals surface area contributed by atoms with Crippen molar-refractivity contribution in [3.8, 4) is 16.9 Å². The summed E-state index contributed by atoms with van der Waals surface area (Å²) in [6.45, 7) is 1.38. The van der Waals surface area contributed by atoms with Crippen LogP contribution in [0.4, 0.5) is 4.39 Å². The Morgan fingerprint density at radius 3 is 2.72 bits per heavy atom. The number of benzene rings is 2. The van der Waals surface area contributed by atoms with Crippen LogP contribution < -0.4 is 0 Å². The Morgan fingerprint density at radius 1 is 1.13 bits per heavy atom. The molecule has 0 aliphatic carbocycles. The van der Waals surface area contributed by atoms with Gasteiger partial charge in [0.05, 0.1) is 38.1 Å². The molecule has 39 heavy (non-hydrogen) atoms. The van der Waals surface area contributed by atoms with Gasteiger partial charge in [0.15, 0.2) is 5.82 Å². The predicted octanol–water partition coefficient (Wildman–Crippen LogP) is 3.29. The maximum atomic E-state index is 14.2. The van der Waals surface area contributed by atoms with E-state index in [4.69, 9.17) is 27.9 Å². The molecule has 0 saturated carbocycles. The lowest BCUT2D eigenvalue weighted by Crippen LogP contribution is -2.53. The molecule has 2 aromatic carbocycles. The van der Waals surface area contributed by atoms with Crippen molar-refractivity contribution in [3.63, 3.8) is 0 Å². The van der Waals surface area contributed by atoms with E-state index in [1.54, 1.807) is 15.9 Å². The molecule has 0 bridgehead atoms. The fourth-order valence-electron chi connectivity index (χ4n) is 4.70. The van der Waals surface area contributed by atoms with Crippen LogP contribution in [0.2, 0.25) is 10.0 Å². The Hall–Kier alpha value is -3.04. The summed E-state index contributed by atoms with van der Waals surface area (Å²) in [4.78, 5) is 4.48. The number of fused-ring (bicyclic) bond motifs is 1. The van der Waals surface area contributed by atoms with Crippen LogP contribution >= 0.6 is 34.5 Å². The van der Waals surface area contributed by atoms with Gasteiger partial charge >= 0.3 is 0 Å². The first-order valence-corrected chi connectivity index (χ1v) is 13.3. The first-order chi connectivity index (χ1) is 18.7. The summed E-state index contributed by atoms with van der Waals surface area (Å²) in [7, 11) is 0. The Bertz CT molecular complexity index is 1650. The number of aliphatic hydroxyl groups is 3. The van der Waals surface area contributed by atoms with Crippen molar-refractivity contribution in [2.24, 2.45) is 0 Å². The number of aliphatic hydroxyl groups excluding tert-OH is 3. The van der Waals surface area contributed by atoms with Crippen LogP contribution in [0.1, 0.15) is 23.0 Å². The molecular formula is C24H20Cl2FN7O4S. The Kier molecular flexibility index (Phi) is 6.83. The summed E-state index contributed by atoms with van der Waals surface area (Å²) < 4.78 is 24.0. The molecule has 5 atom stereocenters. The van der Waals surface area contributed by atoms with Gasteiger partial charge in [0.25, 0.3) is 0 Å². The van der Waals surface area contributed by atoms with Gasteiger partial charge < -0.3 is 20.1 Å². The highest BCUT2D eigenvalue weighted by Crippen LogP contribution is 2.39. The summed E-state index contributed by atoms with van der Waals surface area (Å²) in [6.07, 6.45) is -2.03. The van der Waals surface area contributed by atoms with Crippen LogP contribution in [0.15, 0.2) is 42.9 Å². The van der Waals surface area contributed by atoms with E-state index in [-0.39, 0.29) is 21.6 Å². The Balaban J connectivity index is 1.36. The normalized spacial score (nSPS) is 23.5. The monoisotopic (exact) mass is 591 g/mol. The number of thiazole rings is 1. The van der Waals surface area contributed by atoms with E-state index >= 15 is 0 Å². The minimum Gasteiger partial charge on any atom is -0.394 e. The number of ether oxygens (including phenoxy) is 1. The fourth-order valence-corrected chi connectivity index (χ4v) is 5.88. The van der Waals surface area contributed by atoms with E-state index in [1.807, 2.05) is 25.1 Å². The smallest absolute Gasteiger partial charge is 0.169 e. The fraction of sp³-hybridized carbons (Fsp3) is 0.292. The molecule has 3 aromatic heterocycles. The van der Waals surface area contributed by atoms with Crippen molar-refractivity contribution in [2.45, 2.75) is 37.4 Å². The number of halogens is 3. The molecule has 11 nitrogen and oxygen atoms in total. The number of hydrogen-bond donors (Lipinski definition) is 3. The van der Waals surface area contributed by atoms with Crippen molar-refractivity contribution in [3.05, 3.63) is 69.6 Å². The molecule has 15 heteroatoms. The van der Waals surface area contributed by atoms with Gasteiger partial charge in [0.2, 0.25) is 0 Å². The maximum Gasteiger partial charge on any atom is 0.169 e. The molecule has 4 heterocycles. The van der Waals surface area contributed by atoms with E-state index in [9.17, 15) is 19.7 Å². The van der Waals surface area contributed by atoms with E-state index in [1.165, 1.54) is 23.3 Å². The third kappa shape index (κ3) is 4.59. The minimum absolute atomic E-state index is 0.00113. The molecular weight excluding hydrogens is 572 g/mol. The summed E-state index contributed by atoms with van der Waals surface area (Å²) in [5, 5.41) is 49.5. The average molecular weight is 592 g/mol. The van der Waals surface area contributed by atoms with Crippen LogP contribution in [0.25, 0.3) is 27.2 Å². The van der Waals surface area contributed by atoms with Crippen LogP contribution in [-0.4, -0.2) is 75.0 Å². The lowest BCUT2D eigenvalue weighted by atomic mass is 9.92. The first-order valence-electron chi connectivity index (χ1n) is 11.7. The summed E-state index contributed by atoms with van der Waals surface area (Å²) in [5.74, 6) is -0.475. The Labute approximate surface area is 234 Å². The summed E-state index contributed by atoms with van der Waals surface area (Å²) in [5.41, 5.74) is 2.10. The molecule has 202 valence electrons. The average Bonchev–Trinajstić information content (AvgIpc) is 3.66. The van der Waals surface area contributed by atoms with Gasteiger partial charge in [0.1, 0.15) is 48.3 Å². The first kappa shape index (κ1) is 26.2. The molecule has 1 aliphatic rings. The van der Waals surface area contributed by atoms with Crippen molar-refractivity contribution in [1.82, 2.24) is 34.7 Å². The van der Waals surface area contributed by atoms with Crippen molar-refractivity contribution in [2.75, 3.05) is 6.61 Å². The van der Waals surface area contributed by atoms with E-state index in [0.29, 0.717) is 5.56 Å². The van der Waals surface area contributed by atoms with E-state index in [2.05, 4.69) is 25.5 Å². The third-order valence-electron chi connectivity index (χ3n) is 6.57. The molecule has 5 aromatic rings. The van der Waals surface area contributed by atoms with Crippen LogP contribution in [0.3, 0.4) is 0 Å². The van der Waals surface area contributed by atoms with Gasteiger partial charge in [-0.25, -0.2) is 14.1 Å². The number of aryl methyl sites for hydroxylation is 1. The molecule has 3 N–H and O–H groups in total. The van der Waals surface area contributed by atoms with Gasteiger partial charge in [-0.15, -0.1) is 26.6 Å². The largest absolute Gasteiger partial charge is 0.394 e. The number of nitrogens with zero attached hydrogens (tertiary/aromatic N) is 7. The van der Waals surface area contributed by atoms with Crippen molar-refractivity contribution < 1.29 is 24.4 Å². The van der Waals surface area contributed by atoms with Crippen LogP contribution in [-0.2, 0) is 4.74 Å². The zero-order chi connectivity index (χ0) is 27.4. The Morgan fingerprint density at radius 2 is 1.95 bits per heavy atom. The van der Waals surface area contributed by atoms with Gasteiger partial charge in [0, 0.05) is 11.3 Å². The zero-order valence-corrected chi connectivity index (χ0v) is 22.4. The topological polar surface area (TPSA) is 144 Å². The van der Waals surface area contributed by atoms with Crippen LogP contribution in [0.5, 0.6) is 0 Å². The zero-order valence-electron chi connectivity index (χ0n) is 20.1. The number of aromatic nitrogens is 7. The predicted molar refractivity (Wildman–Crippen MR) is 140 cm³/mol. The number of rotatable bonds is 5. The molecule has 0 spiro atoms. The van der Waals surface area contributed by atoms with Crippen molar-refractivity contribution in [1.29, 1.82) is 0 Å². The highest BCUT2D eigenvalue weighted by molar-refractivity contribution is 7.18. The minimum atomic E-state index is -1.39. The van der Waals surface area contributed by atoms with Gasteiger partial charge in [-0.2, -0.15) is 0 Å². The summed E-state index contributed by atoms with van der Waals surface area (Å²) in [6, 6.07) is 7.13. The second kappa shape index (κ2) is 10.2. The van der Waals surface area contributed by atoms with Crippen LogP contribution in [0, 0.1) is 12.7 Å². The molecule has 1 saturated heterocycles. The van der Waals surface area contributed by atoms with E-state index in [0.717, 1.165) is 27.0 Å². The standard InChI is InChI=1S/C24H20Cl2FN7O4S/c1-10-29-15-3-2-12(6-18(15)39-10)33-9-28-31-24(33)23-22(37)20(21(36)17(8-35)38-23)34-7-16(30-32-34)11-4-13(25)19(26)14(27)5-11/h2-7,9,17,20-23,35-37H,8H2,1H3/t17-,20+,21+,22-,23-/m1/s1. The maximum absolute atomic E-state index is 14.2. The second-order valence-electron chi connectivity index (χ2n) is 9.03. The SMILES string of the molecule is Cc1nc2ccc(-n3cnnc3[C@@H]3O[C@H](CO)[C@H](O)[C@H](n4cc(-c5cc(F)c(Cl)c(Cl)c5)nn4)[C@H]3O)cc2s1. The summed E-state index contributed by atoms with van der Waals surface area (Å²) >= 11 is 13.4. The molecule has 6 rings (SSSR count). The highest BCUT2D eigenvalue weighted by atomic mass is 35.5. The van der Waals surface area contributed by atoms with Gasteiger partial charge in [-0.3, -0.25) is 4.57 Å². The molecule has 0 radical (unpaired) electrons. The highest BCUT2D eigenvalue weighted by Gasteiger charge is 2.48. The van der Waals surface area contributed by atoms with Crippen molar-refractivity contribution >= 4 is 44.8 Å². The number of hydrogen-bond acceptors (Lipinski definition) is 10. The van der Waals surface area contributed by atoms with Gasteiger partial charge in [-0.1, -0.05) is 28.4 Å².